The number of hydrogen-bond acceptors (Lipinski definition) is 3. The Labute approximate surface area is 153 Å². The van der Waals surface area contributed by atoms with Crippen LogP contribution in [0, 0.1) is 0 Å². The summed E-state index contributed by atoms with van der Waals surface area (Å²) in [6, 6.07) is 17.9. The highest BCUT2D eigenvalue weighted by molar-refractivity contribution is 5.98. The Hall–Kier alpha value is -2.79. The van der Waals surface area contributed by atoms with Crippen LogP contribution in [0.25, 0.3) is 10.9 Å². The van der Waals surface area contributed by atoms with Crippen molar-refractivity contribution in [2.24, 2.45) is 0 Å². The summed E-state index contributed by atoms with van der Waals surface area (Å²) in [6.07, 6.45) is 0. The number of carbonyl (C=O) groups excluding carboxylic acids is 1. The van der Waals surface area contributed by atoms with Gasteiger partial charge in [-0.15, -0.1) is 0 Å². The van der Waals surface area contributed by atoms with Crippen LogP contribution in [0.3, 0.4) is 0 Å². The highest BCUT2D eigenvalue weighted by atomic mass is 16.5. The number of benzene rings is 2. The molecule has 1 aliphatic rings. The second-order valence-electron chi connectivity index (χ2n) is 6.80. The lowest BCUT2D eigenvalue weighted by Crippen LogP contribution is -2.47. The molecule has 134 valence electrons. The lowest BCUT2D eigenvalue weighted by Gasteiger charge is -2.32. The molecule has 2 heterocycles. The molecule has 1 aromatic heterocycles. The maximum Gasteiger partial charge on any atom is 0.270 e. The van der Waals surface area contributed by atoms with E-state index < -0.39 is 0 Å². The Kier molecular flexibility index (Phi) is 4.63. The number of nitrogens with one attached hydrogen (secondary N) is 1. The van der Waals surface area contributed by atoms with Gasteiger partial charge < -0.3 is 19.5 Å². The molecule has 5 nitrogen and oxygen atoms in total. The van der Waals surface area contributed by atoms with E-state index >= 15 is 0 Å². The van der Waals surface area contributed by atoms with Crippen LogP contribution >= 0.6 is 0 Å². The summed E-state index contributed by atoms with van der Waals surface area (Å²) in [4.78, 5) is 20.1. The van der Waals surface area contributed by atoms with Crippen molar-refractivity contribution in [1.82, 2.24) is 14.8 Å². The van der Waals surface area contributed by atoms with E-state index in [0.717, 1.165) is 48.4 Å². The number of amides is 1. The van der Waals surface area contributed by atoms with E-state index in [4.69, 9.17) is 4.74 Å². The summed E-state index contributed by atoms with van der Waals surface area (Å²) >= 11 is 0. The first kappa shape index (κ1) is 16.7. The van der Waals surface area contributed by atoms with E-state index in [2.05, 4.69) is 16.9 Å². The average Bonchev–Trinajstić information content (AvgIpc) is 3.10. The number of rotatable bonds is 4. The van der Waals surface area contributed by atoms with Crippen LogP contribution < -0.4 is 4.74 Å². The summed E-state index contributed by atoms with van der Waals surface area (Å²) in [5, 5.41) is 0.994. The number of hydrogen-bond donors (Lipinski definition) is 1. The van der Waals surface area contributed by atoms with E-state index in [9.17, 15) is 4.79 Å². The van der Waals surface area contributed by atoms with Crippen LogP contribution in [-0.2, 0) is 6.61 Å². The maximum absolute atomic E-state index is 12.7. The summed E-state index contributed by atoms with van der Waals surface area (Å²) in [6.45, 7) is 3.92. The minimum Gasteiger partial charge on any atom is -0.489 e. The number of nitrogens with zero attached hydrogens (tertiary/aromatic N) is 2. The highest BCUT2D eigenvalue weighted by Gasteiger charge is 2.21. The second kappa shape index (κ2) is 7.22. The average molecular weight is 349 g/mol. The summed E-state index contributed by atoms with van der Waals surface area (Å²) in [7, 11) is 2.09. The quantitative estimate of drug-likeness (QED) is 0.787. The summed E-state index contributed by atoms with van der Waals surface area (Å²) < 4.78 is 5.88. The zero-order valence-corrected chi connectivity index (χ0v) is 14.9. The first-order chi connectivity index (χ1) is 12.7. The molecule has 4 rings (SSSR count). The molecule has 0 unspecified atom stereocenters. The summed E-state index contributed by atoms with van der Waals surface area (Å²) in [5.74, 6) is 0.875. The molecule has 1 N–H and O–H groups in total. The van der Waals surface area contributed by atoms with E-state index in [0.29, 0.717) is 12.3 Å². The Bertz CT molecular complexity index is 896. The highest BCUT2D eigenvalue weighted by Crippen LogP contribution is 2.23. The number of likely N-dealkylation sites (N-methyl/N-ethyl adjacent to an activating group) is 1. The predicted molar refractivity (Wildman–Crippen MR) is 102 cm³/mol. The number of fused-ring (bicyclic) bond motifs is 1. The van der Waals surface area contributed by atoms with Crippen molar-refractivity contribution >= 4 is 16.8 Å². The molecule has 5 heteroatoms. The van der Waals surface area contributed by atoms with Gasteiger partial charge in [0.2, 0.25) is 0 Å². The lowest BCUT2D eigenvalue weighted by molar-refractivity contribution is 0.0659. The third kappa shape index (κ3) is 3.58. The van der Waals surface area contributed by atoms with Crippen molar-refractivity contribution < 1.29 is 9.53 Å². The van der Waals surface area contributed by atoms with Gasteiger partial charge in [-0.1, -0.05) is 30.3 Å². The van der Waals surface area contributed by atoms with Gasteiger partial charge in [-0.25, -0.2) is 0 Å². The normalized spacial score (nSPS) is 15.3. The van der Waals surface area contributed by atoms with Crippen LogP contribution in [0.4, 0.5) is 0 Å². The molecule has 1 fully saturated rings. The number of H-pyrrole nitrogens is 1. The topological polar surface area (TPSA) is 48.6 Å². The zero-order chi connectivity index (χ0) is 17.9. The van der Waals surface area contributed by atoms with Crippen molar-refractivity contribution in [3.05, 3.63) is 65.9 Å². The molecule has 26 heavy (non-hydrogen) atoms. The molecule has 2 aromatic carbocycles. The van der Waals surface area contributed by atoms with Gasteiger partial charge >= 0.3 is 0 Å². The number of aromatic amines is 1. The Morgan fingerprint density at radius 2 is 1.81 bits per heavy atom. The number of aromatic nitrogens is 1. The number of ether oxygens (including phenoxy) is 1. The molecule has 0 aliphatic carbocycles. The molecular formula is C21H23N3O2. The van der Waals surface area contributed by atoms with Crippen molar-refractivity contribution in [2.45, 2.75) is 6.61 Å². The van der Waals surface area contributed by atoms with Crippen LogP contribution in [0.1, 0.15) is 16.1 Å². The minimum absolute atomic E-state index is 0.0704. The molecule has 0 bridgehead atoms. The first-order valence-electron chi connectivity index (χ1n) is 8.96. The fraction of sp³-hybridized carbons (Fsp3) is 0.286. The molecule has 1 amide bonds. The van der Waals surface area contributed by atoms with Crippen LogP contribution in [-0.4, -0.2) is 53.9 Å². The zero-order valence-electron chi connectivity index (χ0n) is 14.9. The third-order valence-corrected chi connectivity index (χ3v) is 4.86. The number of carbonyl (C=O) groups is 1. The summed E-state index contributed by atoms with van der Waals surface area (Å²) in [5.41, 5.74) is 2.73. The van der Waals surface area contributed by atoms with E-state index in [1.54, 1.807) is 0 Å². The molecular weight excluding hydrogens is 326 g/mol. The van der Waals surface area contributed by atoms with Gasteiger partial charge in [0, 0.05) is 37.1 Å². The predicted octanol–water partition coefficient (Wildman–Crippen LogP) is 3.13. The molecule has 0 atom stereocenters. The lowest BCUT2D eigenvalue weighted by atomic mass is 10.2. The van der Waals surface area contributed by atoms with Crippen LogP contribution in [0.15, 0.2) is 54.6 Å². The first-order valence-corrected chi connectivity index (χ1v) is 8.96. The standard InChI is InChI=1S/C21H23N3O2/c1-23-9-11-24(12-10-23)21(25)20-14-17-13-18(7-8-19(17)22-20)26-15-16-5-3-2-4-6-16/h2-8,13-14,22H,9-12,15H2,1H3. The largest absolute Gasteiger partial charge is 0.489 e. The maximum atomic E-state index is 12.7. The Morgan fingerprint density at radius 3 is 2.58 bits per heavy atom. The van der Waals surface area contributed by atoms with Crippen LogP contribution in [0.2, 0.25) is 0 Å². The molecule has 0 radical (unpaired) electrons. The van der Waals surface area contributed by atoms with Gasteiger partial charge in [0.05, 0.1) is 0 Å². The van der Waals surface area contributed by atoms with E-state index in [1.807, 2.05) is 59.5 Å². The molecule has 1 aliphatic heterocycles. The molecule has 0 saturated carbocycles. The van der Waals surface area contributed by atoms with Gasteiger partial charge in [0.25, 0.3) is 5.91 Å². The fourth-order valence-corrected chi connectivity index (χ4v) is 3.24. The van der Waals surface area contributed by atoms with Crippen LogP contribution in [0.5, 0.6) is 5.75 Å². The smallest absolute Gasteiger partial charge is 0.270 e. The molecule has 0 spiro atoms. The van der Waals surface area contributed by atoms with E-state index in [-0.39, 0.29) is 5.91 Å². The van der Waals surface area contributed by atoms with Crippen molar-refractivity contribution in [3.8, 4) is 5.75 Å². The van der Waals surface area contributed by atoms with Gasteiger partial charge in [0.1, 0.15) is 18.1 Å². The van der Waals surface area contributed by atoms with Crippen molar-refractivity contribution in [3.63, 3.8) is 0 Å². The minimum atomic E-state index is 0.0704. The Morgan fingerprint density at radius 1 is 1.04 bits per heavy atom. The van der Waals surface area contributed by atoms with Gasteiger partial charge in [-0.2, -0.15) is 0 Å². The van der Waals surface area contributed by atoms with Gasteiger partial charge in [-0.05, 0) is 36.9 Å². The SMILES string of the molecule is CN1CCN(C(=O)c2cc3cc(OCc4ccccc4)ccc3[nH]2)CC1. The second-order valence-corrected chi connectivity index (χ2v) is 6.80. The third-order valence-electron chi connectivity index (χ3n) is 4.86. The Balaban J connectivity index is 1.48. The van der Waals surface area contributed by atoms with Gasteiger partial charge in [0.15, 0.2) is 0 Å². The monoisotopic (exact) mass is 349 g/mol. The van der Waals surface area contributed by atoms with Crippen molar-refractivity contribution in [2.75, 3.05) is 33.2 Å². The number of piperazine rings is 1. The van der Waals surface area contributed by atoms with Gasteiger partial charge in [-0.3, -0.25) is 4.79 Å². The van der Waals surface area contributed by atoms with Crippen molar-refractivity contribution in [1.29, 1.82) is 0 Å². The van der Waals surface area contributed by atoms with E-state index in [1.165, 1.54) is 0 Å². The molecule has 1 saturated heterocycles. The fourth-order valence-electron chi connectivity index (χ4n) is 3.24. The molecule has 3 aromatic rings.